The van der Waals surface area contributed by atoms with E-state index in [0.717, 1.165) is 54.8 Å². The Bertz CT molecular complexity index is 975. The zero-order valence-corrected chi connectivity index (χ0v) is 20.7. The van der Waals surface area contributed by atoms with E-state index in [4.69, 9.17) is 0 Å². The molecule has 1 heterocycles. The lowest BCUT2D eigenvalue weighted by Crippen LogP contribution is -2.61. The molecule has 3 N–H and O–H groups in total. The lowest BCUT2D eigenvalue weighted by atomic mass is 9.73. The number of para-hydroxylation sites is 2. The third-order valence-electron chi connectivity index (χ3n) is 7.89. The predicted molar refractivity (Wildman–Crippen MR) is 139 cm³/mol. The number of amides is 1. The third kappa shape index (κ3) is 5.02. The van der Waals surface area contributed by atoms with Crippen LogP contribution in [0.5, 0.6) is 0 Å². The summed E-state index contributed by atoms with van der Waals surface area (Å²) in [5.74, 6) is 0.427. The fourth-order valence-corrected chi connectivity index (χ4v) is 7.60. The van der Waals surface area contributed by atoms with E-state index in [1.807, 2.05) is 54.6 Å². The number of carbonyl (C=O) groups excluding carboxylic acids is 1. The minimum absolute atomic E-state index is 0.122. The van der Waals surface area contributed by atoms with Crippen molar-refractivity contribution in [1.82, 2.24) is 5.32 Å². The number of rotatable bonds is 7. The van der Waals surface area contributed by atoms with E-state index in [0.29, 0.717) is 5.75 Å². The third-order valence-corrected chi connectivity index (χ3v) is 9.41. The van der Waals surface area contributed by atoms with Crippen molar-refractivity contribution in [2.75, 3.05) is 16.4 Å². The minimum atomic E-state index is -1.25. The highest BCUT2D eigenvalue weighted by molar-refractivity contribution is 7.85. The summed E-state index contributed by atoms with van der Waals surface area (Å²) in [4.78, 5) is 14.9. The maximum Gasteiger partial charge on any atom is 0.227 e. The van der Waals surface area contributed by atoms with Crippen molar-refractivity contribution in [3.63, 3.8) is 0 Å². The van der Waals surface area contributed by atoms with Crippen LogP contribution in [0.25, 0.3) is 0 Å². The van der Waals surface area contributed by atoms with Crippen LogP contribution in [0.2, 0.25) is 0 Å². The van der Waals surface area contributed by atoms with Crippen LogP contribution in [0.15, 0.2) is 59.5 Å². The first-order valence-corrected chi connectivity index (χ1v) is 14.4. The Morgan fingerprint density at radius 1 is 0.853 bits per heavy atom. The number of nitrogens with one attached hydrogen (secondary N) is 3. The van der Waals surface area contributed by atoms with Gasteiger partial charge in [-0.1, -0.05) is 68.9 Å². The van der Waals surface area contributed by atoms with Gasteiger partial charge in [0.25, 0.3) is 0 Å². The van der Waals surface area contributed by atoms with Gasteiger partial charge in [0.15, 0.2) is 0 Å². The summed E-state index contributed by atoms with van der Waals surface area (Å²) in [6, 6.07) is 18.0. The summed E-state index contributed by atoms with van der Waals surface area (Å²) in [7, 11) is -1.25. The van der Waals surface area contributed by atoms with E-state index in [1.165, 1.54) is 25.7 Å². The zero-order valence-electron chi connectivity index (χ0n) is 19.9. The number of anilines is 2. The minimum Gasteiger partial charge on any atom is -0.360 e. The molecule has 2 atom stereocenters. The van der Waals surface area contributed by atoms with Crippen LogP contribution in [0.4, 0.5) is 11.4 Å². The van der Waals surface area contributed by atoms with Crippen molar-refractivity contribution in [2.45, 2.75) is 80.8 Å². The molecule has 2 aromatic rings. The highest BCUT2D eigenvalue weighted by Gasteiger charge is 2.51. The molecule has 2 unspecified atom stereocenters. The molecule has 1 aliphatic heterocycles. The van der Waals surface area contributed by atoms with Crippen molar-refractivity contribution in [3.05, 3.63) is 54.6 Å². The van der Waals surface area contributed by atoms with Crippen LogP contribution in [-0.4, -0.2) is 27.6 Å². The Hall–Kier alpha value is -2.34. The summed E-state index contributed by atoms with van der Waals surface area (Å²) in [6.07, 6.45) is 11.4. The summed E-state index contributed by atoms with van der Waals surface area (Å²) < 4.78 is 13.7. The van der Waals surface area contributed by atoms with Gasteiger partial charge in [-0.15, -0.1) is 0 Å². The van der Waals surface area contributed by atoms with Gasteiger partial charge >= 0.3 is 0 Å². The Balaban J connectivity index is 1.49. The van der Waals surface area contributed by atoms with Gasteiger partial charge in [-0.25, -0.2) is 0 Å². The van der Waals surface area contributed by atoms with E-state index in [2.05, 4.69) is 16.0 Å². The maximum atomic E-state index is 14.1. The van der Waals surface area contributed by atoms with E-state index >= 15 is 0 Å². The molecule has 182 valence electrons. The van der Waals surface area contributed by atoms with E-state index in [1.54, 1.807) is 0 Å². The molecule has 3 aliphatic rings. The first kappa shape index (κ1) is 23.4. The van der Waals surface area contributed by atoms with Crippen molar-refractivity contribution < 1.29 is 9.00 Å². The first-order valence-electron chi connectivity index (χ1n) is 13.0. The molecule has 2 aliphatic carbocycles. The predicted octanol–water partition coefficient (Wildman–Crippen LogP) is 5.67. The maximum absolute atomic E-state index is 14.1. The molecule has 5 nitrogen and oxygen atoms in total. The molecule has 0 bridgehead atoms. The second kappa shape index (κ2) is 10.5. The largest absolute Gasteiger partial charge is 0.360 e. The second-order valence-corrected chi connectivity index (χ2v) is 11.7. The number of carbonyl (C=O) groups is 1. The average Bonchev–Trinajstić information content (AvgIpc) is 3.24. The Morgan fingerprint density at radius 2 is 1.41 bits per heavy atom. The van der Waals surface area contributed by atoms with E-state index in [9.17, 15) is 9.00 Å². The Kier molecular flexibility index (Phi) is 7.23. The summed E-state index contributed by atoms with van der Waals surface area (Å²) in [5, 5.41) is 10.8. The molecule has 0 radical (unpaired) electrons. The van der Waals surface area contributed by atoms with E-state index < -0.39 is 16.5 Å². The lowest BCUT2D eigenvalue weighted by Gasteiger charge is -2.43. The summed E-state index contributed by atoms with van der Waals surface area (Å²) in [5.41, 5.74) is 1.18. The molecule has 2 fully saturated rings. The highest BCUT2D eigenvalue weighted by Crippen LogP contribution is 2.44. The van der Waals surface area contributed by atoms with Crippen molar-refractivity contribution in [3.8, 4) is 0 Å². The van der Waals surface area contributed by atoms with Crippen LogP contribution in [0.1, 0.15) is 64.2 Å². The molecule has 5 rings (SSSR count). The van der Waals surface area contributed by atoms with Gasteiger partial charge in [0.1, 0.15) is 5.66 Å². The molecule has 1 amide bonds. The van der Waals surface area contributed by atoms with Crippen LogP contribution >= 0.6 is 0 Å². The molecule has 0 aromatic heterocycles. The normalized spacial score (nSPS) is 22.1. The zero-order chi connectivity index (χ0) is 23.4. The standard InChI is InChI=1S/C28H37N3O2S/c32-27(29-22-14-6-2-7-15-22)26(21-12-4-1-5-13-21)28(20-34(33)23-16-8-3-9-17-23)30-24-18-10-11-19-25(24)31-28/h3,8-11,16-19,21-22,26,30-31H,1-2,4-7,12-15,20H2,(H,29,32). The van der Waals surface area contributed by atoms with Gasteiger partial charge in [-0.05, 0) is 55.9 Å². The second-order valence-electron chi connectivity index (χ2n) is 10.3. The van der Waals surface area contributed by atoms with Crippen molar-refractivity contribution >= 4 is 28.1 Å². The highest BCUT2D eigenvalue weighted by atomic mass is 32.2. The van der Waals surface area contributed by atoms with Gasteiger partial charge in [-0.2, -0.15) is 0 Å². The fourth-order valence-electron chi connectivity index (χ4n) is 6.24. The van der Waals surface area contributed by atoms with Gasteiger partial charge < -0.3 is 16.0 Å². The van der Waals surface area contributed by atoms with Crippen molar-refractivity contribution in [1.29, 1.82) is 0 Å². The van der Waals surface area contributed by atoms with Gasteiger partial charge in [0.2, 0.25) is 5.91 Å². The lowest BCUT2D eigenvalue weighted by molar-refractivity contribution is -0.129. The number of fused-ring (bicyclic) bond motifs is 1. The quantitative estimate of drug-likeness (QED) is 0.478. The van der Waals surface area contributed by atoms with Gasteiger partial charge in [-0.3, -0.25) is 9.00 Å². The molecule has 0 saturated heterocycles. The smallest absolute Gasteiger partial charge is 0.227 e. The summed E-state index contributed by atoms with van der Waals surface area (Å²) in [6.45, 7) is 0. The Labute approximate surface area is 205 Å². The van der Waals surface area contributed by atoms with Crippen molar-refractivity contribution in [2.24, 2.45) is 11.8 Å². The number of hydrogen-bond acceptors (Lipinski definition) is 4. The summed E-state index contributed by atoms with van der Waals surface area (Å²) >= 11 is 0. The van der Waals surface area contributed by atoms with Gasteiger partial charge in [0, 0.05) is 10.9 Å². The topological polar surface area (TPSA) is 70.2 Å². The molecule has 6 heteroatoms. The van der Waals surface area contributed by atoms with E-state index in [-0.39, 0.29) is 23.8 Å². The fraction of sp³-hybridized carbons (Fsp3) is 0.536. The molecular weight excluding hydrogens is 442 g/mol. The van der Waals surface area contributed by atoms with Gasteiger partial charge in [0.05, 0.1) is 33.8 Å². The molecule has 2 aromatic carbocycles. The first-order chi connectivity index (χ1) is 16.6. The Morgan fingerprint density at radius 3 is 2.03 bits per heavy atom. The SMILES string of the molecule is O=C(NC1CCCCC1)C(C1CCCCC1)C1(CS(=O)c2ccccc2)Nc2ccccc2N1. The van der Waals surface area contributed by atoms with Crippen LogP contribution in [0, 0.1) is 11.8 Å². The monoisotopic (exact) mass is 479 g/mol. The number of hydrogen-bond donors (Lipinski definition) is 3. The molecule has 0 spiro atoms. The molecule has 34 heavy (non-hydrogen) atoms. The molecule has 2 saturated carbocycles. The number of benzene rings is 2. The average molecular weight is 480 g/mol. The van der Waals surface area contributed by atoms with Crippen LogP contribution < -0.4 is 16.0 Å². The van der Waals surface area contributed by atoms with Crippen LogP contribution in [-0.2, 0) is 15.6 Å². The van der Waals surface area contributed by atoms with Crippen LogP contribution in [0.3, 0.4) is 0 Å². The molecular formula is C28H37N3O2S.